The first-order valence-electron chi connectivity index (χ1n) is 10.0. The van der Waals surface area contributed by atoms with Gasteiger partial charge in [-0.05, 0) is 32.8 Å². The van der Waals surface area contributed by atoms with E-state index in [1.807, 2.05) is 42.1 Å². The molecule has 2 aromatic heterocycles. The smallest absolute Gasteiger partial charge is 0.178 e. The third-order valence-electron chi connectivity index (χ3n) is 5.97. The van der Waals surface area contributed by atoms with Crippen molar-refractivity contribution in [1.82, 2.24) is 19.0 Å². The van der Waals surface area contributed by atoms with Crippen LogP contribution in [0.5, 0.6) is 0 Å². The van der Waals surface area contributed by atoms with E-state index in [0.717, 1.165) is 41.9 Å². The van der Waals surface area contributed by atoms with Crippen LogP contribution in [0.25, 0.3) is 10.9 Å². The van der Waals surface area contributed by atoms with E-state index >= 15 is 0 Å². The molecule has 1 aliphatic heterocycles. The normalized spacial score (nSPS) is 17.2. The van der Waals surface area contributed by atoms with Crippen molar-refractivity contribution in [3.8, 4) is 0 Å². The number of carbonyl (C=O) groups is 1. The highest BCUT2D eigenvalue weighted by Crippen LogP contribution is 2.26. The number of para-hydroxylation sites is 1. The molecule has 0 bridgehead atoms. The monoisotopic (exact) mass is 380 g/mol. The molecule has 0 spiro atoms. The molecule has 0 amide bonds. The zero-order valence-corrected chi connectivity index (χ0v) is 16.6. The van der Waals surface area contributed by atoms with Crippen LogP contribution in [0.3, 0.4) is 0 Å². The zero-order chi connectivity index (χ0) is 19.7. The van der Waals surface area contributed by atoms with E-state index in [-0.39, 0.29) is 5.78 Å². The lowest BCUT2D eigenvalue weighted by Gasteiger charge is -2.38. The topological polar surface area (TPSA) is 63.3 Å². The molecule has 6 heteroatoms. The predicted octanol–water partition coefficient (Wildman–Crippen LogP) is 2.88. The van der Waals surface area contributed by atoms with E-state index in [1.54, 1.807) is 6.20 Å². The fourth-order valence-electron chi connectivity index (χ4n) is 4.19. The summed E-state index contributed by atoms with van der Waals surface area (Å²) in [5, 5.41) is 12.0. The van der Waals surface area contributed by atoms with Crippen molar-refractivity contribution < 1.29 is 9.90 Å². The van der Waals surface area contributed by atoms with Crippen LogP contribution in [0, 0.1) is 6.92 Å². The maximum atomic E-state index is 13.0. The molecule has 1 aliphatic rings. The number of nitrogens with zero attached hydrogens (tertiary/aromatic N) is 4. The molecule has 0 saturated carbocycles. The lowest BCUT2D eigenvalue weighted by molar-refractivity contribution is -0.0331. The van der Waals surface area contributed by atoms with Gasteiger partial charge in [-0.2, -0.15) is 0 Å². The van der Waals surface area contributed by atoms with E-state index in [9.17, 15) is 9.90 Å². The van der Waals surface area contributed by atoms with Gasteiger partial charge in [0.15, 0.2) is 5.78 Å². The van der Waals surface area contributed by atoms with Gasteiger partial charge in [0.05, 0.1) is 18.7 Å². The first-order valence-corrected chi connectivity index (χ1v) is 10.0. The third kappa shape index (κ3) is 3.62. The summed E-state index contributed by atoms with van der Waals surface area (Å²) in [5.74, 6) is 1.07. The Hall–Kier alpha value is -2.44. The Morgan fingerprint density at radius 3 is 2.64 bits per heavy atom. The number of carbonyl (C=O) groups excluding carboxylic acids is 1. The molecule has 0 atom stereocenters. The Labute approximate surface area is 165 Å². The fourth-order valence-corrected chi connectivity index (χ4v) is 4.19. The zero-order valence-electron chi connectivity index (χ0n) is 16.6. The summed E-state index contributed by atoms with van der Waals surface area (Å²) in [6, 6.07) is 8.08. The average molecular weight is 380 g/mol. The van der Waals surface area contributed by atoms with Crippen molar-refractivity contribution in [2.45, 2.75) is 45.4 Å². The average Bonchev–Trinajstić information content (AvgIpc) is 3.27. The number of Topliss-reactive ketones (excluding diaryl/α,β-unsaturated/α-hetero) is 1. The number of hydrogen-bond acceptors (Lipinski definition) is 4. The van der Waals surface area contributed by atoms with Gasteiger partial charge < -0.3 is 14.2 Å². The second-order valence-electron chi connectivity index (χ2n) is 7.87. The molecule has 3 heterocycles. The number of rotatable bonds is 6. The number of hydrogen-bond donors (Lipinski definition) is 1. The Balaban J connectivity index is 1.41. The van der Waals surface area contributed by atoms with Gasteiger partial charge in [-0.15, -0.1) is 0 Å². The van der Waals surface area contributed by atoms with Crippen molar-refractivity contribution in [3.63, 3.8) is 0 Å². The summed E-state index contributed by atoms with van der Waals surface area (Å²) in [5.41, 5.74) is 1.17. The van der Waals surface area contributed by atoms with Gasteiger partial charge in [0.25, 0.3) is 0 Å². The molecule has 148 valence electrons. The van der Waals surface area contributed by atoms with E-state index in [2.05, 4.69) is 27.4 Å². The molecule has 6 nitrogen and oxygen atoms in total. The highest BCUT2D eigenvalue weighted by molar-refractivity contribution is 6.09. The van der Waals surface area contributed by atoms with Crippen LogP contribution in [-0.2, 0) is 13.1 Å². The van der Waals surface area contributed by atoms with Crippen LogP contribution in [0.1, 0.15) is 35.9 Å². The van der Waals surface area contributed by atoms with Crippen LogP contribution in [0.2, 0.25) is 0 Å². The number of aliphatic hydroxyl groups is 1. The molecule has 1 N–H and O–H groups in total. The van der Waals surface area contributed by atoms with Gasteiger partial charge in [0.2, 0.25) is 0 Å². The highest BCUT2D eigenvalue weighted by Gasteiger charge is 2.33. The standard InChI is InChI=1S/C22H28N4O2/c1-3-25-14-19(18-6-4-5-7-20(18)25)21(27)15-24-11-8-22(28,9-12-24)16-26-13-10-23-17(26)2/h4-7,10,13-14,28H,3,8-9,11-12,15-16H2,1-2H3. The summed E-state index contributed by atoms with van der Waals surface area (Å²) in [6.45, 7) is 7.30. The van der Waals surface area contributed by atoms with Crippen LogP contribution in [0.4, 0.5) is 0 Å². The van der Waals surface area contributed by atoms with E-state index in [0.29, 0.717) is 25.9 Å². The number of benzene rings is 1. The summed E-state index contributed by atoms with van der Waals surface area (Å²) >= 11 is 0. The van der Waals surface area contributed by atoms with Crippen molar-refractivity contribution in [2.24, 2.45) is 0 Å². The summed E-state index contributed by atoms with van der Waals surface area (Å²) < 4.78 is 4.13. The van der Waals surface area contributed by atoms with Crippen molar-refractivity contribution in [1.29, 1.82) is 0 Å². The minimum Gasteiger partial charge on any atom is -0.388 e. The first kappa shape index (κ1) is 18.9. The maximum absolute atomic E-state index is 13.0. The second-order valence-corrected chi connectivity index (χ2v) is 7.87. The van der Waals surface area contributed by atoms with E-state index in [1.165, 1.54) is 0 Å². The van der Waals surface area contributed by atoms with Gasteiger partial charge in [-0.25, -0.2) is 4.98 Å². The number of fused-ring (bicyclic) bond motifs is 1. The molecule has 0 radical (unpaired) electrons. The molecular formula is C22H28N4O2. The number of aryl methyl sites for hydroxylation is 2. The quantitative estimate of drug-likeness (QED) is 0.668. The van der Waals surface area contributed by atoms with Gasteiger partial charge in [-0.1, -0.05) is 18.2 Å². The van der Waals surface area contributed by atoms with E-state index in [4.69, 9.17) is 0 Å². The molecular weight excluding hydrogens is 352 g/mol. The van der Waals surface area contributed by atoms with E-state index < -0.39 is 5.60 Å². The molecule has 28 heavy (non-hydrogen) atoms. The molecule has 0 unspecified atom stereocenters. The molecule has 1 saturated heterocycles. The Kier molecular flexibility index (Phi) is 5.08. The van der Waals surface area contributed by atoms with Crippen molar-refractivity contribution >= 4 is 16.7 Å². The SMILES string of the molecule is CCn1cc(C(=O)CN2CCC(O)(Cn3ccnc3C)CC2)c2ccccc21. The molecule has 1 aromatic carbocycles. The summed E-state index contributed by atoms with van der Waals surface area (Å²) in [4.78, 5) is 19.4. The molecule has 4 rings (SSSR count). The number of piperidine rings is 1. The van der Waals surface area contributed by atoms with Crippen LogP contribution < -0.4 is 0 Å². The Bertz CT molecular complexity index is 980. The highest BCUT2D eigenvalue weighted by atomic mass is 16.3. The van der Waals surface area contributed by atoms with Crippen molar-refractivity contribution in [2.75, 3.05) is 19.6 Å². The molecule has 3 aromatic rings. The van der Waals surface area contributed by atoms with Gasteiger partial charge >= 0.3 is 0 Å². The number of aromatic nitrogens is 3. The Morgan fingerprint density at radius 2 is 1.96 bits per heavy atom. The summed E-state index contributed by atoms with van der Waals surface area (Å²) in [7, 11) is 0. The number of imidazole rings is 1. The lowest BCUT2D eigenvalue weighted by atomic mass is 9.91. The van der Waals surface area contributed by atoms with Gasteiger partial charge in [0, 0.05) is 54.7 Å². The number of likely N-dealkylation sites (tertiary alicyclic amines) is 1. The van der Waals surface area contributed by atoms with Crippen LogP contribution >= 0.6 is 0 Å². The van der Waals surface area contributed by atoms with Gasteiger partial charge in [-0.3, -0.25) is 9.69 Å². The fraction of sp³-hybridized carbons (Fsp3) is 0.455. The molecule has 0 aliphatic carbocycles. The predicted molar refractivity (Wildman–Crippen MR) is 110 cm³/mol. The first-order chi connectivity index (χ1) is 13.5. The minimum atomic E-state index is -0.733. The second kappa shape index (κ2) is 7.53. The minimum absolute atomic E-state index is 0.152. The lowest BCUT2D eigenvalue weighted by Crippen LogP contribution is -2.48. The maximum Gasteiger partial charge on any atom is 0.178 e. The Morgan fingerprint density at radius 1 is 1.21 bits per heavy atom. The van der Waals surface area contributed by atoms with Gasteiger partial charge in [0.1, 0.15) is 5.82 Å². The van der Waals surface area contributed by atoms with Crippen LogP contribution in [-0.4, -0.2) is 55.1 Å². The summed E-state index contributed by atoms with van der Waals surface area (Å²) in [6.07, 6.45) is 6.98. The third-order valence-corrected chi connectivity index (χ3v) is 5.97. The molecule has 1 fully saturated rings. The number of ketones is 1. The van der Waals surface area contributed by atoms with Crippen LogP contribution in [0.15, 0.2) is 42.9 Å². The van der Waals surface area contributed by atoms with Crippen molar-refractivity contribution in [3.05, 3.63) is 54.2 Å². The largest absolute Gasteiger partial charge is 0.388 e.